The Balaban J connectivity index is 2.39. The SMILES string of the molecule is CC(C)C(NN)c1cccc2c1OCCC2. The molecule has 1 unspecified atom stereocenters. The van der Waals surface area contributed by atoms with Crippen LogP contribution in [0.4, 0.5) is 0 Å². The van der Waals surface area contributed by atoms with Gasteiger partial charge in [0.1, 0.15) is 5.75 Å². The van der Waals surface area contributed by atoms with Gasteiger partial charge in [0.05, 0.1) is 12.6 Å². The molecule has 1 aromatic carbocycles. The van der Waals surface area contributed by atoms with Gasteiger partial charge in [-0.1, -0.05) is 32.0 Å². The molecule has 1 aromatic rings. The van der Waals surface area contributed by atoms with E-state index in [1.54, 1.807) is 0 Å². The molecule has 1 atom stereocenters. The largest absolute Gasteiger partial charge is 0.493 e. The maximum absolute atomic E-state index is 5.79. The van der Waals surface area contributed by atoms with Crippen LogP contribution in [0, 0.1) is 5.92 Å². The quantitative estimate of drug-likeness (QED) is 0.606. The second-order valence-corrected chi connectivity index (χ2v) is 4.68. The minimum Gasteiger partial charge on any atom is -0.493 e. The Labute approximate surface area is 97.0 Å². The molecule has 3 nitrogen and oxygen atoms in total. The zero-order valence-corrected chi connectivity index (χ0v) is 9.99. The van der Waals surface area contributed by atoms with E-state index >= 15 is 0 Å². The average Bonchev–Trinajstić information content (AvgIpc) is 2.30. The summed E-state index contributed by atoms with van der Waals surface area (Å²) in [4.78, 5) is 0. The minimum absolute atomic E-state index is 0.160. The third kappa shape index (κ3) is 2.06. The Hall–Kier alpha value is -1.06. The van der Waals surface area contributed by atoms with Gasteiger partial charge in [0, 0.05) is 5.56 Å². The van der Waals surface area contributed by atoms with E-state index in [4.69, 9.17) is 10.6 Å². The van der Waals surface area contributed by atoms with Crippen LogP contribution in [0.25, 0.3) is 0 Å². The fourth-order valence-electron chi connectivity index (χ4n) is 2.30. The molecule has 0 spiro atoms. The van der Waals surface area contributed by atoms with Crippen LogP contribution < -0.4 is 16.0 Å². The summed E-state index contributed by atoms with van der Waals surface area (Å²) >= 11 is 0. The van der Waals surface area contributed by atoms with Crippen molar-refractivity contribution in [3.8, 4) is 5.75 Å². The molecule has 0 saturated carbocycles. The highest BCUT2D eigenvalue weighted by molar-refractivity contribution is 5.44. The molecule has 16 heavy (non-hydrogen) atoms. The number of hydrazine groups is 1. The fraction of sp³-hybridized carbons (Fsp3) is 0.538. The Morgan fingerprint density at radius 1 is 1.38 bits per heavy atom. The number of aryl methyl sites for hydroxylation is 1. The maximum atomic E-state index is 5.79. The summed E-state index contributed by atoms with van der Waals surface area (Å²) in [5.41, 5.74) is 5.39. The molecule has 0 amide bonds. The van der Waals surface area contributed by atoms with Gasteiger partial charge in [-0.3, -0.25) is 11.3 Å². The predicted molar refractivity (Wildman–Crippen MR) is 65.2 cm³/mol. The number of hydrogen-bond acceptors (Lipinski definition) is 3. The summed E-state index contributed by atoms with van der Waals surface area (Å²) in [5, 5.41) is 0. The molecule has 1 heterocycles. The lowest BCUT2D eigenvalue weighted by atomic mass is 9.92. The van der Waals surface area contributed by atoms with Crippen LogP contribution in [0.15, 0.2) is 18.2 Å². The minimum atomic E-state index is 0.160. The van der Waals surface area contributed by atoms with Gasteiger partial charge in [-0.15, -0.1) is 0 Å². The summed E-state index contributed by atoms with van der Waals surface area (Å²) in [5.74, 6) is 7.13. The van der Waals surface area contributed by atoms with Crippen molar-refractivity contribution in [1.29, 1.82) is 0 Å². The standard InChI is InChI=1S/C13H20N2O/c1-9(2)12(15-14)11-7-3-5-10-6-4-8-16-13(10)11/h3,5,7,9,12,15H,4,6,8,14H2,1-2H3. The normalized spacial score (nSPS) is 16.8. The molecule has 88 valence electrons. The summed E-state index contributed by atoms with van der Waals surface area (Å²) in [6.45, 7) is 5.14. The van der Waals surface area contributed by atoms with Gasteiger partial charge in [-0.2, -0.15) is 0 Å². The van der Waals surface area contributed by atoms with Gasteiger partial charge in [0.25, 0.3) is 0 Å². The Morgan fingerprint density at radius 3 is 2.88 bits per heavy atom. The summed E-state index contributed by atoms with van der Waals surface area (Å²) in [7, 11) is 0. The number of hydrogen-bond donors (Lipinski definition) is 2. The van der Waals surface area contributed by atoms with Gasteiger partial charge in [0.2, 0.25) is 0 Å². The molecular weight excluding hydrogens is 200 g/mol. The third-order valence-electron chi connectivity index (χ3n) is 3.15. The van der Waals surface area contributed by atoms with Gasteiger partial charge < -0.3 is 4.74 Å². The number of fused-ring (bicyclic) bond motifs is 1. The topological polar surface area (TPSA) is 47.3 Å². The smallest absolute Gasteiger partial charge is 0.127 e. The van der Waals surface area contributed by atoms with Crippen LogP contribution in [0.5, 0.6) is 5.75 Å². The number of para-hydroxylation sites is 1. The molecule has 1 aliphatic rings. The molecule has 2 rings (SSSR count). The van der Waals surface area contributed by atoms with E-state index in [-0.39, 0.29) is 6.04 Å². The lowest BCUT2D eigenvalue weighted by molar-refractivity contribution is 0.277. The van der Waals surface area contributed by atoms with Crippen molar-refractivity contribution >= 4 is 0 Å². The van der Waals surface area contributed by atoms with Crippen molar-refractivity contribution in [3.63, 3.8) is 0 Å². The lowest BCUT2D eigenvalue weighted by Crippen LogP contribution is -2.32. The van der Waals surface area contributed by atoms with Crippen molar-refractivity contribution in [2.24, 2.45) is 11.8 Å². The first-order valence-electron chi connectivity index (χ1n) is 5.94. The molecule has 0 bridgehead atoms. The van der Waals surface area contributed by atoms with E-state index in [0.717, 1.165) is 25.2 Å². The number of benzene rings is 1. The van der Waals surface area contributed by atoms with E-state index in [1.165, 1.54) is 11.1 Å². The number of ether oxygens (including phenoxy) is 1. The second-order valence-electron chi connectivity index (χ2n) is 4.68. The summed E-state index contributed by atoms with van der Waals surface area (Å²) < 4.78 is 5.79. The van der Waals surface area contributed by atoms with E-state index < -0.39 is 0 Å². The zero-order valence-electron chi connectivity index (χ0n) is 9.99. The first-order chi connectivity index (χ1) is 7.74. The van der Waals surface area contributed by atoms with Gasteiger partial charge in [-0.05, 0) is 24.3 Å². The molecule has 0 aliphatic carbocycles. The van der Waals surface area contributed by atoms with E-state index in [0.29, 0.717) is 5.92 Å². The lowest BCUT2D eigenvalue weighted by Gasteiger charge is -2.26. The third-order valence-corrected chi connectivity index (χ3v) is 3.15. The zero-order chi connectivity index (χ0) is 11.5. The summed E-state index contributed by atoms with van der Waals surface area (Å²) in [6.07, 6.45) is 2.22. The second kappa shape index (κ2) is 4.85. The molecule has 3 heteroatoms. The monoisotopic (exact) mass is 220 g/mol. The number of rotatable bonds is 3. The van der Waals surface area contributed by atoms with Crippen LogP contribution in [0.2, 0.25) is 0 Å². The highest BCUT2D eigenvalue weighted by atomic mass is 16.5. The summed E-state index contributed by atoms with van der Waals surface area (Å²) in [6, 6.07) is 6.50. The van der Waals surface area contributed by atoms with Crippen molar-refractivity contribution < 1.29 is 4.74 Å². The van der Waals surface area contributed by atoms with Crippen LogP contribution in [0.1, 0.15) is 37.4 Å². The Morgan fingerprint density at radius 2 is 2.19 bits per heavy atom. The van der Waals surface area contributed by atoms with Gasteiger partial charge >= 0.3 is 0 Å². The number of nitrogens with one attached hydrogen (secondary N) is 1. The van der Waals surface area contributed by atoms with Crippen molar-refractivity contribution in [3.05, 3.63) is 29.3 Å². The first-order valence-corrected chi connectivity index (χ1v) is 5.94. The molecule has 0 radical (unpaired) electrons. The molecular formula is C13H20N2O. The Kier molecular flexibility index (Phi) is 3.46. The van der Waals surface area contributed by atoms with E-state index in [1.807, 2.05) is 0 Å². The van der Waals surface area contributed by atoms with Gasteiger partial charge in [0.15, 0.2) is 0 Å². The van der Waals surface area contributed by atoms with E-state index in [9.17, 15) is 0 Å². The molecule has 0 fully saturated rings. The van der Waals surface area contributed by atoms with Crippen LogP contribution in [-0.2, 0) is 6.42 Å². The maximum Gasteiger partial charge on any atom is 0.127 e. The molecule has 3 N–H and O–H groups in total. The number of nitrogens with two attached hydrogens (primary N) is 1. The first kappa shape index (κ1) is 11.4. The van der Waals surface area contributed by atoms with Crippen LogP contribution in [-0.4, -0.2) is 6.61 Å². The average molecular weight is 220 g/mol. The highest BCUT2D eigenvalue weighted by Crippen LogP contribution is 2.35. The Bertz CT molecular complexity index is 363. The van der Waals surface area contributed by atoms with Crippen LogP contribution in [0.3, 0.4) is 0 Å². The van der Waals surface area contributed by atoms with Gasteiger partial charge in [-0.25, -0.2) is 0 Å². The van der Waals surface area contributed by atoms with Crippen molar-refractivity contribution in [1.82, 2.24) is 5.43 Å². The molecule has 1 aliphatic heterocycles. The predicted octanol–water partition coefficient (Wildman–Crippen LogP) is 2.17. The molecule has 0 aromatic heterocycles. The highest BCUT2D eigenvalue weighted by Gasteiger charge is 2.22. The van der Waals surface area contributed by atoms with Crippen molar-refractivity contribution in [2.45, 2.75) is 32.7 Å². The molecule has 0 saturated heterocycles. The fourth-order valence-corrected chi connectivity index (χ4v) is 2.30. The van der Waals surface area contributed by atoms with Crippen molar-refractivity contribution in [2.75, 3.05) is 6.61 Å². The van der Waals surface area contributed by atoms with E-state index in [2.05, 4.69) is 37.5 Å². The van der Waals surface area contributed by atoms with Crippen LogP contribution >= 0.6 is 0 Å².